The molecular weight excluding hydrogens is 186 g/mol. The molecule has 1 aromatic rings. The van der Waals surface area contributed by atoms with Crippen LogP contribution in [0.4, 0.5) is 5.69 Å². The fraction of sp³-hybridized carbons (Fsp3) is 0.750. The van der Waals surface area contributed by atoms with E-state index in [0.29, 0.717) is 0 Å². The molecule has 3 heteroatoms. The molecule has 0 unspecified atom stereocenters. The highest BCUT2D eigenvalue weighted by atomic mass is 15.3. The molecule has 1 fully saturated rings. The topological polar surface area (TPSA) is 43.8 Å². The molecule has 15 heavy (non-hydrogen) atoms. The molecule has 0 saturated heterocycles. The lowest BCUT2D eigenvalue weighted by Gasteiger charge is -2.21. The molecule has 0 radical (unpaired) electrons. The summed E-state index contributed by atoms with van der Waals surface area (Å²) in [5.41, 5.74) is 8.90. The molecule has 0 aliphatic heterocycles. The van der Waals surface area contributed by atoms with Crippen LogP contribution in [0.1, 0.15) is 43.5 Å². The van der Waals surface area contributed by atoms with Gasteiger partial charge in [0.2, 0.25) is 0 Å². The molecular formula is C12H21N3. The van der Waals surface area contributed by atoms with Crippen LogP contribution in [-0.2, 0) is 6.54 Å². The Labute approximate surface area is 91.7 Å². The summed E-state index contributed by atoms with van der Waals surface area (Å²) in [5, 5.41) is 4.50. The lowest BCUT2D eigenvalue weighted by atomic mass is 9.89. The summed E-state index contributed by atoms with van der Waals surface area (Å²) >= 11 is 0. The van der Waals surface area contributed by atoms with Crippen LogP contribution in [-0.4, -0.2) is 9.78 Å². The van der Waals surface area contributed by atoms with Crippen LogP contribution >= 0.6 is 0 Å². The van der Waals surface area contributed by atoms with E-state index >= 15 is 0 Å². The lowest BCUT2D eigenvalue weighted by molar-refractivity contribution is 0.305. The number of aryl methyl sites for hydroxylation is 1. The minimum absolute atomic E-state index is 0.816. The molecule has 0 atom stereocenters. The molecule has 0 amide bonds. The number of anilines is 1. The highest BCUT2D eigenvalue weighted by Gasteiger charge is 2.16. The Bertz CT molecular complexity index is 335. The van der Waals surface area contributed by atoms with Crippen molar-refractivity contribution in [2.24, 2.45) is 5.92 Å². The van der Waals surface area contributed by atoms with Crippen LogP contribution in [0.15, 0.2) is 0 Å². The molecule has 1 saturated carbocycles. The number of rotatable bonds is 2. The van der Waals surface area contributed by atoms with Crippen molar-refractivity contribution in [2.75, 3.05) is 5.73 Å². The molecule has 1 aromatic heterocycles. The van der Waals surface area contributed by atoms with Crippen LogP contribution in [0.5, 0.6) is 0 Å². The Hall–Kier alpha value is -0.990. The van der Waals surface area contributed by atoms with Gasteiger partial charge in [-0.1, -0.05) is 19.3 Å². The minimum Gasteiger partial charge on any atom is -0.396 e. The summed E-state index contributed by atoms with van der Waals surface area (Å²) < 4.78 is 2.10. The van der Waals surface area contributed by atoms with E-state index in [4.69, 9.17) is 5.73 Å². The predicted octanol–water partition coefficient (Wildman–Crippen LogP) is 2.66. The summed E-state index contributed by atoms with van der Waals surface area (Å²) in [4.78, 5) is 0. The second-order valence-electron chi connectivity index (χ2n) is 4.77. The average Bonchev–Trinajstić information content (AvgIpc) is 2.48. The van der Waals surface area contributed by atoms with Crippen LogP contribution < -0.4 is 5.73 Å². The number of nitrogens with zero attached hydrogens (tertiary/aromatic N) is 2. The summed E-state index contributed by atoms with van der Waals surface area (Å²) in [6, 6.07) is 0. The zero-order chi connectivity index (χ0) is 10.8. The van der Waals surface area contributed by atoms with Crippen molar-refractivity contribution < 1.29 is 0 Å². The quantitative estimate of drug-likeness (QED) is 0.810. The zero-order valence-electron chi connectivity index (χ0n) is 9.79. The Morgan fingerprint density at radius 3 is 2.47 bits per heavy atom. The number of hydrogen-bond donors (Lipinski definition) is 1. The number of aromatic nitrogens is 2. The van der Waals surface area contributed by atoms with E-state index in [2.05, 4.69) is 16.7 Å². The monoisotopic (exact) mass is 207 g/mol. The minimum atomic E-state index is 0.816. The van der Waals surface area contributed by atoms with E-state index < -0.39 is 0 Å². The fourth-order valence-corrected chi connectivity index (χ4v) is 2.50. The van der Waals surface area contributed by atoms with Gasteiger partial charge in [-0.25, -0.2) is 0 Å². The van der Waals surface area contributed by atoms with E-state index in [9.17, 15) is 0 Å². The first-order chi connectivity index (χ1) is 7.18. The number of nitrogen functional groups attached to an aromatic ring is 1. The first kappa shape index (κ1) is 10.5. The molecule has 0 aromatic carbocycles. The molecule has 84 valence electrons. The molecule has 1 aliphatic rings. The van der Waals surface area contributed by atoms with E-state index in [1.807, 2.05) is 6.92 Å². The molecule has 2 rings (SSSR count). The third-order valence-corrected chi connectivity index (χ3v) is 3.59. The van der Waals surface area contributed by atoms with Gasteiger partial charge in [0.05, 0.1) is 17.1 Å². The third-order valence-electron chi connectivity index (χ3n) is 3.59. The van der Waals surface area contributed by atoms with Crippen molar-refractivity contribution in [2.45, 2.75) is 52.5 Å². The number of hydrogen-bond acceptors (Lipinski definition) is 2. The first-order valence-corrected chi connectivity index (χ1v) is 5.98. The molecule has 0 spiro atoms. The van der Waals surface area contributed by atoms with Gasteiger partial charge < -0.3 is 5.73 Å². The van der Waals surface area contributed by atoms with Gasteiger partial charge in [0.1, 0.15) is 0 Å². The van der Waals surface area contributed by atoms with Crippen LogP contribution in [0.3, 0.4) is 0 Å². The fourth-order valence-electron chi connectivity index (χ4n) is 2.50. The predicted molar refractivity (Wildman–Crippen MR) is 62.7 cm³/mol. The van der Waals surface area contributed by atoms with Gasteiger partial charge in [-0.05, 0) is 32.6 Å². The lowest BCUT2D eigenvalue weighted by Crippen LogP contribution is -2.16. The highest BCUT2D eigenvalue weighted by molar-refractivity contribution is 5.46. The Morgan fingerprint density at radius 1 is 1.27 bits per heavy atom. The summed E-state index contributed by atoms with van der Waals surface area (Å²) in [5.74, 6) is 0.816. The van der Waals surface area contributed by atoms with Crippen molar-refractivity contribution in [1.82, 2.24) is 9.78 Å². The largest absolute Gasteiger partial charge is 0.396 e. The standard InChI is InChI=1S/C12H21N3/c1-9-12(13)10(2)15(14-9)8-11-6-4-3-5-7-11/h11H,3-8,13H2,1-2H3. The van der Waals surface area contributed by atoms with Crippen LogP contribution in [0, 0.1) is 19.8 Å². The van der Waals surface area contributed by atoms with Gasteiger partial charge >= 0.3 is 0 Å². The Morgan fingerprint density at radius 2 is 1.93 bits per heavy atom. The maximum Gasteiger partial charge on any atom is 0.0825 e. The summed E-state index contributed by atoms with van der Waals surface area (Å²) in [6.07, 6.45) is 6.91. The molecule has 3 nitrogen and oxygen atoms in total. The molecule has 2 N–H and O–H groups in total. The normalized spacial score (nSPS) is 18.3. The van der Waals surface area contributed by atoms with E-state index in [-0.39, 0.29) is 0 Å². The molecule has 1 aliphatic carbocycles. The number of nitrogens with two attached hydrogens (primary N) is 1. The van der Waals surface area contributed by atoms with Crippen molar-refractivity contribution in [3.63, 3.8) is 0 Å². The smallest absolute Gasteiger partial charge is 0.0825 e. The van der Waals surface area contributed by atoms with Gasteiger partial charge in [0.15, 0.2) is 0 Å². The Kier molecular flexibility index (Phi) is 2.98. The first-order valence-electron chi connectivity index (χ1n) is 5.98. The van der Waals surface area contributed by atoms with Gasteiger partial charge in [0, 0.05) is 6.54 Å². The molecule has 1 heterocycles. The second kappa shape index (κ2) is 4.25. The van der Waals surface area contributed by atoms with E-state index in [1.165, 1.54) is 32.1 Å². The van der Waals surface area contributed by atoms with Crippen molar-refractivity contribution in [1.29, 1.82) is 0 Å². The van der Waals surface area contributed by atoms with Crippen molar-refractivity contribution in [3.05, 3.63) is 11.4 Å². The van der Waals surface area contributed by atoms with Gasteiger partial charge in [0.25, 0.3) is 0 Å². The van der Waals surface area contributed by atoms with Crippen LogP contribution in [0.25, 0.3) is 0 Å². The van der Waals surface area contributed by atoms with Crippen molar-refractivity contribution in [3.8, 4) is 0 Å². The zero-order valence-corrected chi connectivity index (χ0v) is 9.79. The van der Waals surface area contributed by atoms with Crippen molar-refractivity contribution >= 4 is 5.69 Å². The van der Waals surface area contributed by atoms with Gasteiger partial charge in [-0.2, -0.15) is 5.10 Å². The molecule has 0 bridgehead atoms. The van der Waals surface area contributed by atoms with E-state index in [0.717, 1.165) is 29.5 Å². The summed E-state index contributed by atoms with van der Waals surface area (Å²) in [6.45, 7) is 5.11. The second-order valence-corrected chi connectivity index (χ2v) is 4.77. The third kappa shape index (κ3) is 2.16. The SMILES string of the molecule is Cc1nn(CC2CCCCC2)c(C)c1N. The maximum absolute atomic E-state index is 5.92. The highest BCUT2D eigenvalue weighted by Crippen LogP contribution is 2.26. The Balaban J connectivity index is 2.06. The van der Waals surface area contributed by atoms with E-state index in [1.54, 1.807) is 0 Å². The summed E-state index contributed by atoms with van der Waals surface area (Å²) in [7, 11) is 0. The van der Waals surface area contributed by atoms with Gasteiger partial charge in [-0.3, -0.25) is 4.68 Å². The average molecular weight is 207 g/mol. The van der Waals surface area contributed by atoms with Gasteiger partial charge in [-0.15, -0.1) is 0 Å². The van der Waals surface area contributed by atoms with Crippen LogP contribution in [0.2, 0.25) is 0 Å². The maximum atomic E-state index is 5.92.